The van der Waals surface area contributed by atoms with Gasteiger partial charge < -0.3 is 20.4 Å². The zero-order chi connectivity index (χ0) is 12.1. The van der Waals surface area contributed by atoms with E-state index in [4.69, 9.17) is 20.4 Å². The molecule has 92 valence electrons. The van der Waals surface area contributed by atoms with E-state index in [0.29, 0.717) is 30.6 Å². The van der Waals surface area contributed by atoms with E-state index >= 15 is 0 Å². The summed E-state index contributed by atoms with van der Waals surface area (Å²) in [5, 5.41) is 11.6. The van der Waals surface area contributed by atoms with Crippen LogP contribution in [0.2, 0.25) is 0 Å². The SMILES string of the molecule is N/C(=N/O)c1cccnc1OCC1CCOC1. The lowest BCUT2D eigenvalue weighted by molar-refractivity contribution is 0.165. The number of ether oxygens (including phenoxy) is 2. The number of pyridine rings is 1. The molecule has 6 nitrogen and oxygen atoms in total. The van der Waals surface area contributed by atoms with Crippen molar-refractivity contribution in [3.8, 4) is 5.88 Å². The summed E-state index contributed by atoms with van der Waals surface area (Å²) >= 11 is 0. The highest BCUT2D eigenvalue weighted by molar-refractivity contribution is 5.98. The monoisotopic (exact) mass is 237 g/mol. The molecule has 0 bridgehead atoms. The third-order valence-electron chi connectivity index (χ3n) is 2.63. The molecule has 17 heavy (non-hydrogen) atoms. The van der Waals surface area contributed by atoms with Gasteiger partial charge in [-0.05, 0) is 18.6 Å². The average Bonchev–Trinajstić information content (AvgIpc) is 2.89. The van der Waals surface area contributed by atoms with E-state index in [1.54, 1.807) is 18.3 Å². The van der Waals surface area contributed by atoms with Gasteiger partial charge in [-0.2, -0.15) is 0 Å². The number of amidine groups is 1. The summed E-state index contributed by atoms with van der Waals surface area (Å²) in [6.07, 6.45) is 2.60. The van der Waals surface area contributed by atoms with E-state index in [1.807, 2.05) is 0 Å². The van der Waals surface area contributed by atoms with Crippen molar-refractivity contribution in [3.05, 3.63) is 23.9 Å². The second kappa shape index (κ2) is 5.49. The summed E-state index contributed by atoms with van der Waals surface area (Å²) in [5.41, 5.74) is 6.03. The summed E-state index contributed by atoms with van der Waals surface area (Å²) in [6, 6.07) is 3.40. The zero-order valence-electron chi connectivity index (χ0n) is 9.37. The van der Waals surface area contributed by atoms with Gasteiger partial charge in [0.2, 0.25) is 5.88 Å². The van der Waals surface area contributed by atoms with Gasteiger partial charge >= 0.3 is 0 Å². The van der Waals surface area contributed by atoms with Gasteiger partial charge in [0.15, 0.2) is 5.84 Å². The molecule has 1 unspecified atom stereocenters. The number of rotatable bonds is 4. The fraction of sp³-hybridized carbons (Fsp3) is 0.455. The molecule has 2 heterocycles. The van der Waals surface area contributed by atoms with Crippen molar-refractivity contribution >= 4 is 5.84 Å². The predicted octanol–water partition coefficient (Wildman–Crippen LogP) is 0.591. The van der Waals surface area contributed by atoms with Gasteiger partial charge in [0, 0.05) is 18.7 Å². The zero-order valence-corrected chi connectivity index (χ0v) is 9.37. The summed E-state index contributed by atoms with van der Waals surface area (Å²) in [5.74, 6) is 0.766. The molecule has 0 amide bonds. The summed E-state index contributed by atoms with van der Waals surface area (Å²) in [7, 11) is 0. The van der Waals surface area contributed by atoms with Crippen LogP contribution < -0.4 is 10.5 Å². The fourth-order valence-corrected chi connectivity index (χ4v) is 1.67. The van der Waals surface area contributed by atoms with Crippen molar-refractivity contribution in [1.82, 2.24) is 4.98 Å². The van der Waals surface area contributed by atoms with Gasteiger partial charge in [0.1, 0.15) is 0 Å². The van der Waals surface area contributed by atoms with Gasteiger partial charge in [0.05, 0.1) is 18.8 Å². The van der Waals surface area contributed by atoms with Gasteiger partial charge in [-0.3, -0.25) is 0 Å². The normalized spacial score (nSPS) is 20.5. The molecule has 3 N–H and O–H groups in total. The number of oxime groups is 1. The van der Waals surface area contributed by atoms with Gasteiger partial charge in [-0.25, -0.2) is 4.98 Å². The smallest absolute Gasteiger partial charge is 0.224 e. The van der Waals surface area contributed by atoms with Crippen molar-refractivity contribution in [1.29, 1.82) is 0 Å². The maximum atomic E-state index is 8.65. The Morgan fingerprint density at radius 1 is 1.71 bits per heavy atom. The first-order valence-corrected chi connectivity index (χ1v) is 5.44. The number of hydrogen-bond donors (Lipinski definition) is 2. The molecule has 1 fully saturated rings. The van der Waals surface area contributed by atoms with Crippen LogP contribution in [0, 0.1) is 5.92 Å². The first-order chi connectivity index (χ1) is 8.31. The van der Waals surface area contributed by atoms with Crippen LogP contribution in [-0.2, 0) is 4.74 Å². The second-order valence-electron chi connectivity index (χ2n) is 3.88. The van der Waals surface area contributed by atoms with E-state index in [2.05, 4.69) is 10.1 Å². The van der Waals surface area contributed by atoms with Crippen LogP contribution in [-0.4, -0.2) is 35.8 Å². The quantitative estimate of drug-likeness (QED) is 0.346. The number of nitrogens with zero attached hydrogens (tertiary/aromatic N) is 2. The maximum absolute atomic E-state index is 8.65. The lowest BCUT2D eigenvalue weighted by atomic mass is 10.1. The molecule has 0 aliphatic carbocycles. The van der Waals surface area contributed by atoms with Crippen molar-refractivity contribution in [2.45, 2.75) is 6.42 Å². The van der Waals surface area contributed by atoms with Gasteiger partial charge in [-0.1, -0.05) is 5.16 Å². The van der Waals surface area contributed by atoms with Crippen LogP contribution >= 0.6 is 0 Å². The molecular weight excluding hydrogens is 222 g/mol. The Balaban J connectivity index is 2.04. The Kier molecular flexibility index (Phi) is 3.77. The summed E-state index contributed by atoms with van der Waals surface area (Å²) < 4.78 is 10.8. The lowest BCUT2D eigenvalue weighted by Crippen LogP contribution is -2.18. The number of aromatic nitrogens is 1. The van der Waals surface area contributed by atoms with Crippen molar-refractivity contribution in [2.75, 3.05) is 19.8 Å². The van der Waals surface area contributed by atoms with Crippen LogP contribution in [0.5, 0.6) is 5.88 Å². The molecule has 1 atom stereocenters. The van der Waals surface area contributed by atoms with E-state index < -0.39 is 0 Å². The Morgan fingerprint density at radius 3 is 3.29 bits per heavy atom. The number of hydrogen-bond acceptors (Lipinski definition) is 5. The van der Waals surface area contributed by atoms with Crippen LogP contribution in [0.4, 0.5) is 0 Å². The minimum Gasteiger partial charge on any atom is -0.477 e. The van der Waals surface area contributed by atoms with Crippen LogP contribution in [0.1, 0.15) is 12.0 Å². The highest BCUT2D eigenvalue weighted by Crippen LogP contribution is 2.18. The molecule has 0 spiro atoms. The molecule has 1 saturated heterocycles. The Morgan fingerprint density at radius 2 is 2.59 bits per heavy atom. The van der Waals surface area contributed by atoms with Crippen molar-refractivity contribution in [2.24, 2.45) is 16.8 Å². The van der Waals surface area contributed by atoms with Crippen LogP contribution in [0.15, 0.2) is 23.5 Å². The summed E-state index contributed by atoms with van der Waals surface area (Å²) in [4.78, 5) is 4.07. The Labute approximate surface area is 99.0 Å². The average molecular weight is 237 g/mol. The van der Waals surface area contributed by atoms with Crippen molar-refractivity contribution in [3.63, 3.8) is 0 Å². The van der Waals surface area contributed by atoms with Crippen LogP contribution in [0.25, 0.3) is 0 Å². The van der Waals surface area contributed by atoms with E-state index in [9.17, 15) is 0 Å². The Bertz CT molecular complexity index is 403. The highest BCUT2D eigenvalue weighted by Gasteiger charge is 2.17. The predicted molar refractivity (Wildman–Crippen MR) is 61.2 cm³/mol. The standard InChI is InChI=1S/C11H15N3O3/c12-10(14-15)9-2-1-4-13-11(9)17-7-8-3-5-16-6-8/h1-2,4,8,15H,3,5-7H2,(H2,12,14). The Hall–Kier alpha value is -1.82. The van der Waals surface area contributed by atoms with Crippen LogP contribution in [0.3, 0.4) is 0 Å². The molecule has 1 aromatic rings. The minimum atomic E-state index is -0.00391. The molecule has 1 aliphatic heterocycles. The molecular formula is C11H15N3O3. The highest BCUT2D eigenvalue weighted by atomic mass is 16.5. The maximum Gasteiger partial charge on any atom is 0.224 e. The number of nitrogens with two attached hydrogens (primary N) is 1. The van der Waals surface area contributed by atoms with Gasteiger partial charge in [0.25, 0.3) is 0 Å². The molecule has 1 aliphatic rings. The first-order valence-electron chi connectivity index (χ1n) is 5.44. The van der Waals surface area contributed by atoms with Gasteiger partial charge in [-0.15, -0.1) is 0 Å². The minimum absolute atomic E-state index is 0.00391. The second-order valence-corrected chi connectivity index (χ2v) is 3.88. The molecule has 6 heteroatoms. The fourth-order valence-electron chi connectivity index (χ4n) is 1.67. The van der Waals surface area contributed by atoms with Crippen molar-refractivity contribution < 1.29 is 14.7 Å². The van der Waals surface area contributed by atoms with E-state index in [-0.39, 0.29) is 5.84 Å². The third-order valence-corrected chi connectivity index (χ3v) is 2.63. The van der Waals surface area contributed by atoms with E-state index in [1.165, 1.54) is 0 Å². The molecule has 0 radical (unpaired) electrons. The topological polar surface area (TPSA) is 90.0 Å². The molecule has 1 aromatic heterocycles. The third kappa shape index (κ3) is 2.85. The lowest BCUT2D eigenvalue weighted by Gasteiger charge is -2.11. The molecule has 0 saturated carbocycles. The van der Waals surface area contributed by atoms with E-state index in [0.717, 1.165) is 13.0 Å². The largest absolute Gasteiger partial charge is 0.477 e. The summed E-state index contributed by atoms with van der Waals surface area (Å²) in [6.45, 7) is 2.03. The first kappa shape index (κ1) is 11.7. The molecule has 2 rings (SSSR count). The molecule has 0 aromatic carbocycles.